The highest BCUT2D eigenvalue weighted by molar-refractivity contribution is 7.86. The van der Waals surface area contributed by atoms with Crippen LogP contribution in [0.2, 0.25) is 0 Å². The minimum absolute atomic E-state index is 0.0249. The van der Waals surface area contributed by atoms with E-state index in [1.54, 1.807) is 11.4 Å². The summed E-state index contributed by atoms with van der Waals surface area (Å²) in [6.45, 7) is 15.9. The van der Waals surface area contributed by atoms with Gasteiger partial charge in [-0.2, -0.15) is 17.0 Å². The lowest BCUT2D eigenvalue weighted by Crippen LogP contribution is -2.48. The van der Waals surface area contributed by atoms with Gasteiger partial charge >= 0.3 is 0 Å². The zero-order chi connectivity index (χ0) is 15.9. The molecule has 0 radical (unpaired) electrons. The Balaban J connectivity index is 4.96. The molecule has 0 atom stereocenters. The van der Waals surface area contributed by atoms with Gasteiger partial charge in [0.1, 0.15) is 0 Å². The van der Waals surface area contributed by atoms with Crippen LogP contribution in [0.3, 0.4) is 0 Å². The summed E-state index contributed by atoms with van der Waals surface area (Å²) in [5.41, 5.74) is 0. The van der Waals surface area contributed by atoms with Gasteiger partial charge in [-0.25, -0.2) is 0 Å². The zero-order valence-corrected chi connectivity index (χ0v) is 15.1. The average molecular weight is 308 g/mol. The van der Waals surface area contributed by atoms with Gasteiger partial charge in [-0.05, 0) is 32.9 Å². The van der Waals surface area contributed by atoms with Crippen LogP contribution in [0.15, 0.2) is 0 Å². The second-order valence-electron chi connectivity index (χ2n) is 5.90. The van der Waals surface area contributed by atoms with E-state index in [-0.39, 0.29) is 6.04 Å². The van der Waals surface area contributed by atoms with Crippen molar-refractivity contribution in [2.75, 3.05) is 39.8 Å². The monoisotopic (exact) mass is 307 g/mol. The Kier molecular flexibility index (Phi) is 8.90. The maximum Gasteiger partial charge on any atom is 0.282 e. The molecule has 0 heterocycles. The molecule has 0 aliphatic heterocycles. The largest absolute Gasteiger partial charge is 0.303 e. The zero-order valence-electron chi connectivity index (χ0n) is 14.3. The fourth-order valence-electron chi connectivity index (χ4n) is 1.95. The Hall–Kier alpha value is -0.170. The van der Waals surface area contributed by atoms with Crippen molar-refractivity contribution in [2.24, 2.45) is 5.92 Å². The SMILES string of the molecule is CCN(CC)CCN(CC(C)C)S(=O)(=O)N(C)C(C)C. The third-order valence-corrected chi connectivity index (χ3v) is 5.68. The van der Waals surface area contributed by atoms with Crippen LogP contribution in [-0.2, 0) is 10.2 Å². The highest BCUT2D eigenvalue weighted by Crippen LogP contribution is 2.12. The number of rotatable bonds is 10. The van der Waals surface area contributed by atoms with Crippen LogP contribution in [0, 0.1) is 5.92 Å². The Morgan fingerprint density at radius 2 is 1.45 bits per heavy atom. The maximum absolute atomic E-state index is 12.6. The van der Waals surface area contributed by atoms with Crippen molar-refractivity contribution < 1.29 is 8.42 Å². The van der Waals surface area contributed by atoms with Crippen LogP contribution in [0.1, 0.15) is 41.5 Å². The highest BCUT2D eigenvalue weighted by atomic mass is 32.2. The van der Waals surface area contributed by atoms with Gasteiger partial charge in [0.2, 0.25) is 0 Å². The molecule has 0 bridgehead atoms. The molecule has 0 spiro atoms. The van der Waals surface area contributed by atoms with Crippen LogP contribution in [0.25, 0.3) is 0 Å². The number of hydrogen-bond acceptors (Lipinski definition) is 3. The third kappa shape index (κ3) is 6.08. The molecular formula is C14H33N3O2S. The molecule has 0 amide bonds. The molecule has 0 aliphatic carbocycles. The van der Waals surface area contributed by atoms with Gasteiger partial charge in [-0.15, -0.1) is 0 Å². The van der Waals surface area contributed by atoms with Crippen LogP contribution >= 0.6 is 0 Å². The quantitative estimate of drug-likeness (QED) is 0.619. The molecule has 0 N–H and O–H groups in total. The topological polar surface area (TPSA) is 43.9 Å². The van der Waals surface area contributed by atoms with Gasteiger partial charge in [0.15, 0.2) is 0 Å². The lowest BCUT2D eigenvalue weighted by molar-refractivity contribution is 0.250. The first-order valence-corrected chi connectivity index (χ1v) is 9.01. The Labute approximate surface area is 126 Å². The van der Waals surface area contributed by atoms with Crippen molar-refractivity contribution >= 4 is 10.2 Å². The summed E-state index contributed by atoms with van der Waals surface area (Å²) in [6.07, 6.45) is 0. The van der Waals surface area contributed by atoms with Crippen LogP contribution in [0.5, 0.6) is 0 Å². The van der Waals surface area contributed by atoms with Crippen molar-refractivity contribution in [1.82, 2.24) is 13.5 Å². The first kappa shape index (κ1) is 19.8. The van der Waals surface area contributed by atoms with Gasteiger partial charge in [0.25, 0.3) is 10.2 Å². The molecular weight excluding hydrogens is 274 g/mol. The lowest BCUT2D eigenvalue weighted by Gasteiger charge is -2.32. The highest BCUT2D eigenvalue weighted by Gasteiger charge is 2.29. The summed E-state index contributed by atoms with van der Waals surface area (Å²) in [4.78, 5) is 2.25. The Morgan fingerprint density at radius 1 is 0.950 bits per heavy atom. The first-order chi connectivity index (χ1) is 9.16. The van der Waals surface area contributed by atoms with E-state index >= 15 is 0 Å². The van der Waals surface area contributed by atoms with E-state index in [4.69, 9.17) is 0 Å². The van der Waals surface area contributed by atoms with Crippen LogP contribution in [-0.4, -0.2) is 67.7 Å². The van der Waals surface area contributed by atoms with E-state index in [1.807, 2.05) is 13.8 Å². The predicted molar refractivity (Wildman–Crippen MR) is 86.0 cm³/mol. The van der Waals surface area contributed by atoms with E-state index in [0.29, 0.717) is 19.0 Å². The molecule has 20 heavy (non-hydrogen) atoms. The minimum Gasteiger partial charge on any atom is -0.303 e. The Bertz CT molecular complexity index is 351. The fraction of sp³-hybridized carbons (Fsp3) is 1.00. The summed E-state index contributed by atoms with van der Waals surface area (Å²) in [7, 11) is -1.71. The molecule has 0 aromatic rings. The number of nitrogens with zero attached hydrogens (tertiary/aromatic N) is 3. The second kappa shape index (κ2) is 8.97. The van der Waals surface area contributed by atoms with E-state index in [0.717, 1.165) is 19.6 Å². The first-order valence-electron chi connectivity index (χ1n) is 7.62. The van der Waals surface area contributed by atoms with Gasteiger partial charge in [-0.1, -0.05) is 27.7 Å². The summed E-state index contributed by atoms with van der Waals surface area (Å²) in [5.74, 6) is 0.321. The molecule has 0 rings (SSSR count). The summed E-state index contributed by atoms with van der Waals surface area (Å²) >= 11 is 0. The molecule has 0 saturated carbocycles. The number of hydrogen-bond donors (Lipinski definition) is 0. The van der Waals surface area contributed by atoms with Gasteiger partial charge in [-0.3, -0.25) is 0 Å². The van der Waals surface area contributed by atoms with Gasteiger partial charge in [0.05, 0.1) is 0 Å². The summed E-state index contributed by atoms with van der Waals surface area (Å²) < 4.78 is 28.3. The second-order valence-corrected chi connectivity index (χ2v) is 7.88. The average Bonchev–Trinajstić information content (AvgIpc) is 2.36. The van der Waals surface area contributed by atoms with Gasteiger partial charge in [0, 0.05) is 32.7 Å². The summed E-state index contributed by atoms with van der Waals surface area (Å²) in [6, 6.07) is -0.0249. The number of likely N-dealkylation sites (N-methyl/N-ethyl adjacent to an activating group) is 1. The van der Waals surface area contributed by atoms with E-state index in [2.05, 4.69) is 32.6 Å². The lowest BCUT2D eigenvalue weighted by atomic mass is 10.2. The molecule has 0 aromatic heterocycles. The van der Waals surface area contributed by atoms with Crippen molar-refractivity contribution in [3.05, 3.63) is 0 Å². The molecule has 6 heteroatoms. The molecule has 0 unspecified atom stereocenters. The maximum atomic E-state index is 12.6. The van der Waals surface area contributed by atoms with Crippen LogP contribution < -0.4 is 0 Å². The standard InChI is InChI=1S/C14H33N3O2S/c1-8-16(9-2)10-11-17(12-13(3)4)20(18,19)15(7)14(5)6/h13-14H,8-12H2,1-7H3. The van der Waals surface area contributed by atoms with Crippen molar-refractivity contribution in [1.29, 1.82) is 0 Å². The third-order valence-electron chi connectivity index (χ3n) is 3.55. The smallest absolute Gasteiger partial charge is 0.282 e. The van der Waals surface area contributed by atoms with E-state index in [1.165, 1.54) is 4.31 Å². The molecule has 0 saturated heterocycles. The van der Waals surface area contributed by atoms with Gasteiger partial charge < -0.3 is 4.90 Å². The van der Waals surface area contributed by atoms with Crippen molar-refractivity contribution in [2.45, 2.75) is 47.6 Å². The van der Waals surface area contributed by atoms with Crippen molar-refractivity contribution in [3.8, 4) is 0 Å². The molecule has 0 fully saturated rings. The molecule has 5 nitrogen and oxygen atoms in total. The molecule has 122 valence electrons. The fourth-order valence-corrected chi connectivity index (χ4v) is 3.65. The molecule has 0 aromatic carbocycles. The Morgan fingerprint density at radius 3 is 1.80 bits per heavy atom. The van der Waals surface area contributed by atoms with Crippen molar-refractivity contribution in [3.63, 3.8) is 0 Å². The molecule has 0 aliphatic rings. The van der Waals surface area contributed by atoms with Crippen LogP contribution in [0.4, 0.5) is 0 Å². The summed E-state index contributed by atoms with van der Waals surface area (Å²) in [5, 5.41) is 0. The predicted octanol–water partition coefficient (Wildman–Crippen LogP) is 1.87. The van der Waals surface area contributed by atoms with E-state index < -0.39 is 10.2 Å². The normalized spacial score (nSPS) is 13.4. The minimum atomic E-state index is -3.37. The van der Waals surface area contributed by atoms with E-state index in [9.17, 15) is 8.42 Å².